The number of likely N-dealkylation sites (tertiary alicyclic amines) is 1. The Balaban J connectivity index is 1.85. The van der Waals surface area contributed by atoms with Crippen LogP contribution in [0, 0.1) is 17.2 Å². The minimum absolute atomic E-state index is 0.234. The first-order valence-corrected chi connectivity index (χ1v) is 6.11. The highest BCUT2D eigenvalue weighted by molar-refractivity contribution is 5.38. The van der Waals surface area contributed by atoms with Crippen LogP contribution in [0.1, 0.15) is 18.5 Å². The van der Waals surface area contributed by atoms with E-state index >= 15 is 0 Å². The van der Waals surface area contributed by atoms with Gasteiger partial charge < -0.3 is 10.2 Å². The van der Waals surface area contributed by atoms with E-state index in [1.807, 2.05) is 6.07 Å². The van der Waals surface area contributed by atoms with E-state index < -0.39 is 5.69 Å². The number of nitriles is 1. The third kappa shape index (κ3) is 3.31. The Hall–Kier alpha value is -1.87. The van der Waals surface area contributed by atoms with E-state index in [1.54, 1.807) is 6.07 Å². The summed E-state index contributed by atoms with van der Waals surface area (Å²) in [6, 6.07) is 3.46. The summed E-state index contributed by atoms with van der Waals surface area (Å²) in [6.45, 7) is 3.07. The van der Waals surface area contributed by atoms with E-state index in [0.717, 1.165) is 26.1 Å². The second kappa shape index (κ2) is 5.65. The molecule has 1 atom stereocenters. The molecule has 1 aliphatic heterocycles. The molecule has 0 radical (unpaired) electrons. The van der Waals surface area contributed by atoms with E-state index in [-0.39, 0.29) is 5.69 Å². The number of nitrogens with one attached hydrogen (secondary N) is 2. The normalized spacial score (nSPS) is 19.7. The van der Waals surface area contributed by atoms with Gasteiger partial charge in [0.05, 0.1) is 0 Å². The molecule has 1 aromatic rings. The van der Waals surface area contributed by atoms with Crippen LogP contribution in [0.15, 0.2) is 10.9 Å². The minimum Gasteiger partial charge on any atom is -0.370 e. The maximum atomic E-state index is 11.2. The standard InChI is InChI=1S/C12H17N5O/c1-17-5-3-9(8-17)2-4-14-11-6-10(7-13)15-12(18)16-11/h6,9H,2-5,8H2,1H3,(H2,14,15,16,18). The highest BCUT2D eigenvalue weighted by atomic mass is 16.1. The molecule has 6 heteroatoms. The van der Waals surface area contributed by atoms with Gasteiger partial charge in [0.2, 0.25) is 0 Å². The van der Waals surface area contributed by atoms with Crippen molar-refractivity contribution in [2.45, 2.75) is 12.8 Å². The number of aromatic amines is 1. The molecule has 2 rings (SSSR count). The van der Waals surface area contributed by atoms with Gasteiger partial charge in [-0.2, -0.15) is 10.2 Å². The summed E-state index contributed by atoms with van der Waals surface area (Å²) in [5.74, 6) is 1.18. The second-order valence-electron chi connectivity index (χ2n) is 4.73. The van der Waals surface area contributed by atoms with E-state index in [0.29, 0.717) is 11.7 Å². The molecule has 96 valence electrons. The van der Waals surface area contributed by atoms with Crippen molar-refractivity contribution in [1.82, 2.24) is 14.9 Å². The van der Waals surface area contributed by atoms with Crippen LogP contribution < -0.4 is 11.0 Å². The molecule has 0 saturated carbocycles. The Morgan fingerprint density at radius 1 is 1.72 bits per heavy atom. The molecule has 18 heavy (non-hydrogen) atoms. The third-order valence-corrected chi connectivity index (χ3v) is 3.21. The van der Waals surface area contributed by atoms with Crippen molar-refractivity contribution in [3.8, 4) is 6.07 Å². The van der Waals surface area contributed by atoms with Crippen LogP contribution in [0.5, 0.6) is 0 Å². The lowest BCUT2D eigenvalue weighted by Gasteiger charge is -2.11. The lowest BCUT2D eigenvalue weighted by atomic mass is 10.1. The van der Waals surface area contributed by atoms with E-state index in [4.69, 9.17) is 5.26 Å². The first-order chi connectivity index (χ1) is 8.67. The van der Waals surface area contributed by atoms with Gasteiger partial charge in [-0.25, -0.2) is 4.79 Å². The molecule has 1 aliphatic rings. The first-order valence-electron chi connectivity index (χ1n) is 6.11. The number of hydrogen-bond donors (Lipinski definition) is 2. The lowest BCUT2D eigenvalue weighted by Crippen LogP contribution is -2.18. The van der Waals surface area contributed by atoms with Gasteiger partial charge in [-0.3, -0.25) is 4.98 Å². The van der Waals surface area contributed by atoms with Gasteiger partial charge in [0, 0.05) is 19.2 Å². The van der Waals surface area contributed by atoms with Crippen molar-refractivity contribution in [2.75, 3.05) is 32.0 Å². The van der Waals surface area contributed by atoms with Crippen LogP contribution in [-0.2, 0) is 0 Å². The fraction of sp³-hybridized carbons (Fsp3) is 0.583. The van der Waals surface area contributed by atoms with Gasteiger partial charge in [0.25, 0.3) is 0 Å². The average molecular weight is 247 g/mol. The van der Waals surface area contributed by atoms with E-state index in [1.165, 1.54) is 6.42 Å². The molecule has 1 aromatic heterocycles. The third-order valence-electron chi connectivity index (χ3n) is 3.21. The van der Waals surface area contributed by atoms with Crippen molar-refractivity contribution in [3.63, 3.8) is 0 Å². The molecule has 1 saturated heterocycles. The van der Waals surface area contributed by atoms with Crippen molar-refractivity contribution in [3.05, 3.63) is 22.2 Å². The number of anilines is 1. The quantitative estimate of drug-likeness (QED) is 0.804. The van der Waals surface area contributed by atoms with Crippen molar-refractivity contribution < 1.29 is 0 Å². The first kappa shape index (κ1) is 12.6. The van der Waals surface area contributed by atoms with Crippen molar-refractivity contribution >= 4 is 5.82 Å². The molecule has 1 fully saturated rings. The van der Waals surface area contributed by atoms with Crippen LogP contribution >= 0.6 is 0 Å². The van der Waals surface area contributed by atoms with Crippen LogP contribution in [-0.4, -0.2) is 41.5 Å². The molecule has 2 heterocycles. The van der Waals surface area contributed by atoms with Crippen molar-refractivity contribution in [2.24, 2.45) is 5.92 Å². The van der Waals surface area contributed by atoms with Crippen LogP contribution in [0.3, 0.4) is 0 Å². The molecule has 0 bridgehead atoms. The maximum Gasteiger partial charge on any atom is 0.347 e. The highest BCUT2D eigenvalue weighted by Gasteiger charge is 2.18. The molecule has 6 nitrogen and oxygen atoms in total. The Morgan fingerprint density at radius 2 is 2.56 bits per heavy atom. The largest absolute Gasteiger partial charge is 0.370 e. The summed E-state index contributed by atoms with van der Waals surface area (Å²) in [6.07, 6.45) is 2.28. The van der Waals surface area contributed by atoms with E-state index in [9.17, 15) is 4.79 Å². The van der Waals surface area contributed by atoms with Crippen molar-refractivity contribution in [1.29, 1.82) is 5.26 Å². The topological polar surface area (TPSA) is 84.8 Å². The summed E-state index contributed by atoms with van der Waals surface area (Å²) in [7, 11) is 2.13. The molecule has 0 aromatic carbocycles. The molecule has 0 aliphatic carbocycles. The summed E-state index contributed by atoms with van der Waals surface area (Å²) < 4.78 is 0. The number of hydrogen-bond acceptors (Lipinski definition) is 5. The highest BCUT2D eigenvalue weighted by Crippen LogP contribution is 2.17. The second-order valence-corrected chi connectivity index (χ2v) is 4.73. The molecular formula is C12H17N5O. The smallest absolute Gasteiger partial charge is 0.347 e. The van der Waals surface area contributed by atoms with Gasteiger partial charge in [-0.15, -0.1) is 0 Å². The summed E-state index contributed by atoms with van der Waals surface area (Å²) in [5.41, 5.74) is -0.254. The molecule has 0 amide bonds. The monoisotopic (exact) mass is 247 g/mol. The van der Waals surface area contributed by atoms with Gasteiger partial charge in [-0.05, 0) is 32.4 Å². The average Bonchev–Trinajstić information content (AvgIpc) is 2.74. The number of rotatable bonds is 4. The summed E-state index contributed by atoms with van der Waals surface area (Å²) in [5, 5.41) is 11.8. The minimum atomic E-state index is -0.489. The predicted octanol–water partition coefficient (Wildman–Crippen LogP) is 0.395. The fourth-order valence-electron chi connectivity index (χ4n) is 2.27. The Kier molecular flexibility index (Phi) is 3.95. The number of nitrogens with zero attached hydrogens (tertiary/aromatic N) is 3. The number of aromatic nitrogens is 2. The lowest BCUT2D eigenvalue weighted by molar-refractivity contribution is 0.390. The molecule has 0 spiro atoms. The Morgan fingerprint density at radius 3 is 3.22 bits per heavy atom. The van der Waals surface area contributed by atoms with Gasteiger partial charge in [-0.1, -0.05) is 0 Å². The Labute approximate surface area is 106 Å². The maximum absolute atomic E-state index is 11.2. The molecular weight excluding hydrogens is 230 g/mol. The molecule has 1 unspecified atom stereocenters. The van der Waals surface area contributed by atoms with Crippen LogP contribution in [0.25, 0.3) is 0 Å². The SMILES string of the molecule is CN1CCC(CCNc2cc(C#N)[nH]c(=O)n2)C1. The zero-order valence-corrected chi connectivity index (χ0v) is 10.4. The van der Waals surface area contributed by atoms with Crippen LogP contribution in [0.4, 0.5) is 5.82 Å². The van der Waals surface area contributed by atoms with Gasteiger partial charge >= 0.3 is 5.69 Å². The van der Waals surface area contributed by atoms with Crippen LogP contribution in [0.2, 0.25) is 0 Å². The van der Waals surface area contributed by atoms with E-state index in [2.05, 4.69) is 27.2 Å². The van der Waals surface area contributed by atoms with Gasteiger partial charge in [0.1, 0.15) is 17.6 Å². The summed E-state index contributed by atoms with van der Waals surface area (Å²) >= 11 is 0. The molecule has 2 N–H and O–H groups in total. The fourth-order valence-corrected chi connectivity index (χ4v) is 2.27. The van der Waals surface area contributed by atoms with Gasteiger partial charge in [0.15, 0.2) is 0 Å². The zero-order chi connectivity index (χ0) is 13.0. The number of H-pyrrole nitrogens is 1. The predicted molar refractivity (Wildman–Crippen MR) is 68.3 cm³/mol. The zero-order valence-electron chi connectivity index (χ0n) is 10.4. The summed E-state index contributed by atoms with van der Waals surface area (Å²) in [4.78, 5) is 19.6. The Bertz CT molecular complexity index is 504.